The molecule has 1 aromatic heterocycles. The number of anilines is 1. The molecule has 7 nitrogen and oxygen atoms in total. The molecule has 0 bridgehead atoms. The van der Waals surface area contributed by atoms with E-state index in [0.717, 1.165) is 5.56 Å². The molecule has 0 saturated heterocycles. The summed E-state index contributed by atoms with van der Waals surface area (Å²) in [6.07, 6.45) is 0. The van der Waals surface area contributed by atoms with Crippen molar-refractivity contribution < 1.29 is 9.53 Å². The first-order chi connectivity index (χ1) is 15.9. The highest BCUT2D eigenvalue weighted by atomic mass is 16.5. The van der Waals surface area contributed by atoms with Gasteiger partial charge in [0.05, 0.1) is 35.4 Å². The molecule has 1 atom stereocenters. The zero-order chi connectivity index (χ0) is 23.5. The van der Waals surface area contributed by atoms with Gasteiger partial charge in [-0.25, -0.2) is 9.78 Å². The molecule has 168 valence electrons. The Balaban J connectivity index is 1.78. The van der Waals surface area contributed by atoms with Gasteiger partial charge in [-0.15, -0.1) is 0 Å². The highest BCUT2D eigenvalue weighted by molar-refractivity contribution is 5.91. The molecule has 0 fully saturated rings. The van der Waals surface area contributed by atoms with E-state index < -0.39 is 6.04 Å². The molecule has 0 aliphatic heterocycles. The highest BCUT2D eigenvalue weighted by Crippen LogP contribution is 2.26. The second-order valence-electron chi connectivity index (χ2n) is 7.88. The average Bonchev–Trinajstić information content (AvgIpc) is 2.83. The number of aryl methyl sites for hydroxylation is 1. The number of fused-ring (bicyclic) bond motifs is 1. The van der Waals surface area contributed by atoms with Crippen molar-refractivity contribution in [3.05, 3.63) is 94.5 Å². The van der Waals surface area contributed by atoms with Gasteiger partial charge in [-0.2, -0.15) is 0 Å². The fourth-order valence-electron chi connectivity index (χ4n) is 3.75. The van der Waals surface area contributed by atoms with Crippen LogP contribution in [-0.4, -0.2) is 34.6 Å². The number of nitrogens with zero attached hydrogens (tertiary/aromatic N) is 3. The Morgan fingerprint density at radius 3 is 2.55 bits per heavy atom. The van der Waals surface area contributed by atoms with Crippen molar-refractivity contribution in [1.82, 2.24) is 14.5 Å². The molecule has 0 aliphatic carbocycles. The van der Waals surface area contributed by atoms with Crippen LogP contribution in [0.3, 0.4) is 0 Å². The quantitative estimate of drug-likeness (QED) is 0.476. The molecule has 2 amide bonds. The maximum Gasteiger partial charge on any atom is 0.322 e. The molecule has 1 unspecified atom stereocenters. The molecule has 0 radical (unpaired) electrons. The van der Waals surface area contributed by atoms with Gasteiger partial charge in [-0.05, 0) is 55.8 Å². The van der Waals surface area contributed by atoms with Crippen molar-refractivity contribution in [2.75, 3.05) is 19.5 Å². The Bertz CT molecular complexity index is 1380. The molecule has 1 heterocycles. The van der Waals surface area contributed by atoms with E-state index in [1.807, 2.05) is 68.4 Å². The van der Waals surface area contributed by atoms with E-state index >= 15 is 0 Å². The highest BCUT2D eigenvalue weighted by Gasteiger charge is 2.24. The molecule has 1 N–H and O–H groups in total. The van der Waals surface area contributed by atoms with Crippen LogP contribution in [0.4, 0.5) is 10.5 Å². The van der Waals surface area contributed by atoms with Gasteiger partial charge in [-0.1, -0.05) is 36.4 Å². The molecule has 3 aromatic carbocycles. The lowest BCUT2D eigenvalue weighted by atomic mass is 10.1. The van der Waals surface area contributed by atoms with Crippen LogP contribution in [0.2, 0.25) is 0 Å². The summed E-state index contributed by atoms with van der Waals surface area (Å²) in [6, 6.07) is 21.3. The molecule has 0 spiro atoms. The average molecular weight is 443 g/mol. The van der Waals surface area contributed by atoms with Crippen LogP contribution in [0, 0.1) is 6.92 Å². The summed E-state index contributed by atoms with van der Waals surface area (Å²) < 4.78 is 6.92. The zero-order valence-electron chi connectivity index (χ0n) is 19.1. The van der Waals surface area contributed by atoms with E-state index in [9.17, 15) is 9.59 Å². The lowest BCUT2D eigenvalue weighted by Crippen LogP contribution is -2.37. The number of para-hydroxylation sites is 3. The predicted octanol–water partition coefficient (Wildman–Crippen LogP) is 4.93. The molecule has 33 heavy (non-hydrogen) atoms. The Kier molecular flexibility index (Phi) is 6.13. The minimum Gasteiger partial charge on any atom is -0.495 e. The van der Waals surface area contributed by atoms with E-state index in [4.69, 9.17) is 9.72 Å². The Morgan fingerprint density at radius 2 is 1.79 bits per heavy atom. The van der Waals surface area contributed by atoms with E-state index in [1.54, 1.807) is 36.9 Å². The van der Waals surface area contributed by atoms with Crippen molar-refractivity contribution in [1.29, 1.82) is 0 Å². The summed E-state index contributed by atoms with van der Waals surface area (Å²) in [7, 11) is 3.23. The van der Waals surface area contributed by atoms with Crippen LogP contribution < -0.4 is 15.6 Å². The van der Waals surface area contributed by atoms with Crippen molar-refractivity contribution in [2.45, 2.75) is 19.9 Å². The molecule has 4 aromatic rings. The smallest absolute Gasteiger partial charge is 0.322 e. The third kappa shape index (κ3) is 4.30. The molecular weight excluding hydrogens is 416 g/mol. The van der Waals surface area contributed by atoms with Crippen molar-refractivity contribution in [3.63, 3.8) is 0 Å². The number of benzene rings is 3. The van der Waals surface area contributed by atoms with Gasteiger partial charge in [0.25, 0.3) is 5.56 Å². The molecule has 7 heteroatoms. The lowest BCUT2D eigenvalue weighted by Gasteiger charge is -2.27. The van der Waals surface area contributed by atoms with Gasteiger partial charge < -0.3 is 15.0 Å². The third-order valence-corrected chi connectivity index (χ3v) is 5.69. The third-order valence-electron chi connectivity index (χ3n) is 5.69. The fourth-order valence-corrected chi connectivity index (χ4v) is 3.75. The van der Waals surface area contributed by atoms with Gasteiger partial charge in [0, 0.05) is 7.05 Å². The number of nitrogens with one attached hydrogen (secondary N) is 1. The van der Waals surface area contributed by atoms with E-state index in [2.05, 4.69) is 5.32 Å². The standard InChI is InChI=1S/C26H26N4O3/c1-17-10-9-11-19(16-17)30-24(27-21-13-6-5-12-20(21)25(30)31)18(2)29(3)26(32)28-22-14-7-8-15-23(22)33-4/h5-16,18H,1-4H3,(H,28,32). The maximum absolute atomic E-state index is 13.5. The second kappa shape index (κ2) is 9.16. The van der Waals surface area contributed by atoms with Crippen molar-refractivity contribution in [2.24, 2.45) is 0 Å². The summed E-state index contributed by atoms with van der Waals surface area (Å²) in [5, 5.41) is 3.40. The number of rotatable bonds is 5. The van der Waals surface area contributed by atoms with Crippen LogP contribution in [0.5, 0.6) is 5.75 Å². The molecule has 0 aliphatic rings. The summed E-state index contributed by atoms with van der Waals surface area (Å²) in [5.41, 5.74) is 2.71. The van der Waals surface area contributed by atoms with Gasteiger partial charge in [0.1, 0.15) is 11.6 Å². The maximum atomic E-state index is 13.5. The summed E-state index contributed by atoms with van der Waals surface area (Å²) >= 11 is 0. The van der Waals surface area contributed by atoms with Crippen LogP contribution in [0.1, 0.15) is 24.4 Å². The number of hydrogen-bond acceptors (Lipinski definition) is 4. The van der Waals surface area contributed by atoms with E-state index in [0.29, 0.717) is 33.9 Å². The van der Waals surface area contributed by atoms with Crippen LogP contribution in [0.25, 0.3) is 16.6 Å². The minimum atomic E-state index is -0.502. The number of carbonyl (C=O) groups excluding carboxylic acids is 1. The minimum absolute atomic E-state index is 0.174. The second-order valence-corrected chi connectivity index (χ2v) is 7.88. The van der Waals surface area contributed by atoms with E-state index in [1.165, 1.54) is 4.90 Å². The largest absolute Gasteiger partial charge is 0.495 e. The molecule has 4 rings (SSSR count). The molecular formula is C26H26N4O3. The van der Waals surface area contributed by atoms with E-state index in [-0.39, 0.29) is 11.6 Å². The summed E-state index contributed by atoms with van der Waals surface area (Å²) in [4.78, 5) is 32.9. The zero-order valence-corrected chi connectivity index (χ0v) is 19.1. The first-order valence-corrected chi connectivity index (χ1v) is 10.7. The number of ether oxygens (including phenoxy) is 1. The van der Waals surface area contributed by atoms with Crippen LogP contribution in [0.15, 0.2) is 77.6 Å². The number of methoxy groups -OCH3 is 1. The van der Waals surface area contributed by atoms with Gasteiger partial charge in [-0.3, -0.25) is 9.36 Å². The van der Waals surface area contributed by atoms with Crippen LogP contribution >= 0.6 is 0 Å². The van der Waals surface area contributed by atoms with Crippen LogP contribution in [-0.2, 0) is 0 Å². The summed E-state index contributed by atoms with van der Waals surface area (Å²) in [6.45, 7) is 3.82. The molecule has 0 saturated carbocycles. The van der Waals surface area contributed by atoms with Crippen molar-refractivity contribution in [3.8, 4) is 11.4 Å². The van der Waals surface area contributed by atoms with Crippen molar-refractivity contribution >= 4 is 22.6 Å². The first kappa shape index (κ1) is 22.1. The Hall–Kier alpha value is -4.13. The number of hydrogen-bond donors (Lipinski definition) is 1. The fraction of sp³-hybridized carbons (Fsp3) is 0.192. The normalized spacial score (nSPS) is 11.8. The number of aromatic nitrogens is 2. The SMILES string of the molecule is COc1ccccc1NC(=O)N(C)C(C)c1nc2ccccc2c(=O)n1-c1cccc(C)c1. The van der Waals surface area contributed by atoms with Gasteiger partial charge in [0.2, 0.25) is 0 Å². The predicted molar refractivity (Wildman–Crippen MR) is 130 cm³/mol. The Labute approximate surface area is 192 Å². The summed E-state index contributed by atoms with van der Waals surface area (Å²) in [5.74, 6) is 1.04. The number of urea groups is 1. The number of amides is 2. The van der Waals surface area contributed by atoms with Gasteiger partial charge in [0.15, 0.2) is 0 Å². The Morgan fingerprint density at radius 1 is 1.06 bits per heavy atom. The van der Waals surface area contributed by atoms with Gasteiger partial charge >= 0.3 is 6.03 Å². The number of carbonyl (C=O) groups is 1. The lowest BCUT2D eigenvalue weighted by molar-refractivity contribution is 0.205. The first-order valence-electron chi connectivity index (χ1n) is 10.7. The topological polar surface area (TPSA) is 76.5 Å². The monoisotopic (exact) mass is 442 g/mol.